The van der Waals surface area contributed by atoms with E-state index in [1.54, 1.807) is 0 Å². The Morgan fingerprint density at radius 1 is 1.19 bits per heavy atom. The first kappa shape index (κ1) is 19.2. The van der Waals surface area contributed by atoms with Gasteiger partial charge in [-0.15, -0.1) is 0 Å². The highest BCUT2D eigenvalue weighted by Crippen LogP contribution is 2.27. The normalized spacial score (nSPS) is 11.4. The molecule has 0 saturated heterocycles. The minimum Gasteiger partial charge on any atom is -0.371 e. The SMILES string of the molecule is CCCc1cc(NCCCN(CC)CC)n2c(nc3ccccc32)c1C#N. The van der Waals surface area contributed by atoms with Crippen LogP contribution in [0.4, 0.5) is 5.82 Å². The van der Waals surface area contributed by atoms with Crippen molar-refractivity contribution in [3.8, 4) is 6.07 Å². The Labute approximate surface area is 161 Å². The number of hydrogen-bond donors (Lipinski definition) is 1. The van der Waals surface area contributed by atoms with Crippen molar-refractivity contribution in [1.82, 2.24) is 14.3 Å². The third-order valence-corrected chi connectivity index (χ3v) is 5.14. The number of aromatic nitrogens is 2. The second-order valence-electron chi connectivity index (χ2n) is 6.86. The average Bonchev–Trinajstić information content (AvgIpc) is 3.08. The van der Waals surface area contributed by atoms with Crippen molar-refractivity contribution in [3.63, 3.8) is 0 Å². The van der Waals surface area contributed by atoms with Gasteiger partial charge in [0.1, 0.15) is 11.9 Å². The molecule has 1 aromatic carbocycles. The van der Waals surface area contributed by atoms with E-state index in [0.717, 1.165) is 73.5 Å². The van der Waals surface area contributed by atoms with Gasteiger partial charge in [-0.25, -0.2) is 4.98 Å². The first-order valence-corrected chi connectivity index (χ1v) is 10.0. The molecule has 3 aromatic rings. The lowest BCUT2D eigenvalue weighted by molar-refractivity contribution is 0.303. The summed E-state index contributed by atoms with van der Waals surface area (Å²) in [5.74, 6) is 1.03. The van der Waals surface area contributed by atoms with Crippen LogP contribution < -0.4 is 5.32 Å². The number of pyridine rings is 1. The molecular weight excluding hydrogens is 334 g/mol. The standard InChI is InChI=1S/C22H29N5/c1-4-10-17-15-21(24-13-9-14-26(5-2)6-3)27-20-12-8-7-11-19(20)25-22(27)18(17)16-23/h7-8,11-12,15,24H,4-6,9-10,13-14H2,1-3H3. The maximum absolute atomic E-state index is 9.76. The molecule has 5 nitrogen and oxygen atoms in total. The molecule has 142 valence electrons. The molecule has 2 aromatic heterocycles. The van der Waals surface area contributed by atoms with Gasteiger partial charge in [-0.05, 0) is 56.2 Å². The predicted molar refractivity (Wildman–Crippen MR) is 112 cm³/mol. The first-order chi connectivity index (χ1) is 13.2. The highest BCUT2D eigenvalue weighted by Gasteiger charge is 2.16. The van der Waals surface area contributed by atoms with Crippen LogP contribution in [0.3, 0.4) is 0 Å². The van der Waals surface area contributed by atoms with Crippen molar-refractivity contribution in [2.45, 2.75) is 40.0 Å². The Morgan fingerprint density at radius 2 is 1.96 bits per heavy atom. The molecule has 0 unspecified atom stereocenters. The van der Waals surface area contributed by atoms with E-state index in [1.165, 1.54) is 0 Å². The number of hydrogen-bond acceptors (Lipinski definition) is 4. The molecule has 0 amide bonds. The van der Waals surface area contributed by atoms with E-state index in [4.69, 9.17) is 4.98 Å². The molecule has 27 heavy (non-hydrogen) atoms. The zero-order valence-corrected chi connectivity index (χ0v) is 16.6. The van der Waals surface area contributed by atoms with Crippen molar-refractivity contribution in [1.29, 1.82) is 5.26 Å². The number of para-hydroxylation sites is 2. The molecular formula is C22H29N5. The number of nitrogens with zero attached hydrogens (tertiary/aromatic N) is 4. The van der Waals surface area contributed by atoms with Crippen LogP contribution in [0.15, 0.2) is 30.3 Å². The van der Waals surface area contributed by atoms with Crippen LogP contribution in [0, 0.1) is 11.3 Å². The van der Waals surface area contributed by atoms with Crippen LogP contribution in [-0.4, -0.2) is 40.5 Å². The summed E-state index contributed by atoms with van der Waals surface area (Å²) in [4.78, 5) is 7.20. The number of nitriles is 1. The fraction of sp³-hybridized carbons (Fsp3) is 0.455. The van der Waals surface area contributed by atoms with Gasteiger partial charge >= 0.3 is 0 Å². The summed E-state index contributed by atoms with van der Waals surface area (Å²) in [5.41, 5.74) is 4.50. The van der Waals surface area contributed by atoms with Crippen LogP contribution in [0.2, 0.25) is 0 Å². The maximum atomic E-state index is 9.76. The summed E-state index contributed by atoms with van der Waals surface area (Å²) in [6, 6.07) is 12.6. The fourth-order valence-corrected chi connectivity index (χ4v) is 3.66. The highest BCUT2D eigenvalue weighted by molar-refractivity contribution is 5.85. The van der Waals surface area contributed by atoms with E-state index in [2.05, 4.69) is 53.6 Å². The smallest absolute Gasteiger partial charge is 0.157 e. The van der Waals surface area contributed by atoms with Crippen LogP contribution >= 0.6 is 0 Å². The molecule has 5 heteroatoms. The van der Waals surface area contributed by atoms with Gasteiger partial charge in [-0.3, -0.25) is 4.40 Å². The third-order valence-electron chi connectivity index (χ3n) is 5.14. The Bertz CT molecular complexity index is 947. The highest BCUT2D eigenvalue weighted by atomic mass is 15.1. The van der Waals surface area contributed by atoms with E-state index in [1.807, 2.05) is 18.2 Å². The van der Waals surface area contributed by atoms with Crippen molar-refractivity contribution in [2.24, 2.45) is 0 Å². The minimum atomic E-state index is 0.696. The van der Waals surface area contributed by atoms with Crippen LogP contribution in [0.5, 0.6) is 0 Å². The number of imidazole rings is 1. The van der Waals surface area contributed by atoms with Crippen LogP contribution in [0.1, 0.15) is 44.7 Å². The molecule has 0 fully saturated rings. The Morgan fingerprint density at radius 3 is 2.67 bits per heavy atom. The lowest BCUT2D eigenvalue weighted by atomic mass is 10.1. The Kier molecular flexibility index (Phi) is 6.31. The molecule has 2 heterocycles. The number of anilines is 1. The molecule has 0 bridgehead atoms. The van der Waals surface area contributed by atoms with Crippen LogP contribution in [-0.2, 0) is 6.42 Å². The number of benzene rings is 1. The molecule has 3 rings (SSSR count). The van der Waals surface area contributed by atoms with Crippen LogP contribution in [0.25, 0.3) is 16.7 Å². The quantitative estimate of drug-likeness (QED) is 0.571. The van der Waals surface area contributed by atoms with Crippen molar-refractivity contribution >= 4 is 22.5 Å². The van der Waals surface area contributed by atoms with E-state index >= 15 is 0 Å². The van der Waals surface area contributed by atoms with Gasteiger partial charge in [0.15, 0.2) is 5.65 Å². The maximum Gasteiger partial charge on any atom is 0.157 e. The van der Waals surface area contributed by atoms with Gasteiger partial charge in [0.2, 0.25) is 0 Å². The molecule has 0 saturated carbocycles. The summed E-state index contributed by atoms with van der Waals surface area (Å²) in [6.45, 7) is 10.7. The van der Waals surface area contributed by atoms with Gasteiger partial charge in [0.05, 0.1) is 16.6 Å². The van der Waals surface area contributed by atoms with E-state index in [0.29, 0.717) is 5.56 Å². The van der Waals surface area contributed by atoms with Gasteiger partial charge in [0, 0.05) is 6.54 Å². The van der Waals surface area contributed by atoms with Crippen molar-refractivity contribution in [3.05, 3.63) is 41.5 Å². The van der Waals surface area contributed by atoms with Gasteiger partial charge in [0.25, 0.3) is 0 Å². The summed E-state index contributed by atoms with van der Waals surface area (Å²) in [6.07, 6.45) is 2.97. The third kappa shape index (κ3) is 3.91. The zero-order chi connectivity index (χ0) is 19.2. The number of rotatable bonds is 9. The average molecular weight is 364 g/mol. The number of aryl methyl sites for hydroxylation is 1. The van der Waals surface area contributed by atoms with Crippen molar-refractivity contribution < 1.29 is 0 Å². The Balaban J connectivity index is 1.98. The summed E-state index contributed by atoms with van der Waals surface area (Å²) >= 11 is 0. The number of fused-ring (bicyclic) bond motifs is 3. The molecule has 0 aliphatic rings. The number of nitrogens with one attached hydrogen (secondary N) is 1. The van der Waals surface area contributed by atoms with Crippen molar-refractivity contribution in [2.75, 3.05) is 31.5 Å². The predicted octanol–water partition coefficient (Wildman–Crippen LogP) is 4.46. The molecule has 0 aliphatic heterocycles. The molecule has 0 spiro atoms. The Hall–Kier alpha value is -2.58. The molecule has 1 N–H and O–H groups in total. The van der Waals surface area contributed by atoms with E-state index < -0.39 is 0 Å². The lowest BCUT2D eigenvalue weighted by Crippen LogP contribution is -2.25. The lowest BCUT2D eigenvalue weighted by Gasteiger charge is -2.18. The molecule has 0 radical (unpaired) electrons. The van der Waals surface area contributed by atoms with Gasteiger partial charge in [-0.1, -0.05) is 39.3 Å². The zero-order valence-electron chi connectivity index (χ0n) is 16.6. The monoisotopic (exact) mass is 363 g/mol. The first-order valence-electron chi connectivity index (χ1n) is 10.0. The van der Waals surface area contributed by atoms with Gasteiger partial charge in [-0.2, -0.15) is 5.26 Å². The minimum absolute atomic E-state index is 0.696. The van der Waals surface area contributed by atoms with Gasteiger partial charge < -0.3 is 10.2 Å². The molecule has 0 atom stereocenters. The second kappa shape index (κ2) is 8.88. The summed E-state index contributed by atoms with van der Waals surface area (Å²) in [5, 5.41) is 13.4. The largest absolute Gasteiger partial charge is 0.371 e. The van der Waals surface area contributed by atoms with E-state index in [9.17, 15) is 5.26 Å². The fourth-order valence-electron chi connectivity index (χ4n) is 3.66. The van der Waals surface area contributed by atoms with E-state index in [-0.39, 0.29) is 0 Å². The summed E-state index contributed by atoms with van der Waals surface area (Å²) in [7, 11) is 0. The topological polar surface area (TPSA) is 56.4 Å². The summed E-state index contributed by atoms with van der Waals surface area (Å²) < 4.78 is 2.10. The second-order valence-corrected chi connectivity index (χ2v) is 6.86. The molecule has 0 aliphatic carbocycles.